The molecule has 1 unspecified atom stereocenters. The van der Waals surface area contributed by atoms with E-state index in [0.29, 0.717) is 6.04 Å². The van der Waals surface area contributed by atoms with Gasteiger partial charge in [0.15, 0.2) is 0 Å². The summed E-state index contributed by atoms with van der Waals surface area (Å²) in [5.41, 5.74) is 1.32. The Bertz CT molecular complexity index is 407. The fourth-order valence-corrected chi connectivity index (χ4v) is 2.96. The standard InChI is InChI=1S/C16H28N4/c1-4-15-13-19(3)10-7-11-20(15)16-14(12-17-5-2)8-6-9-18-16/h6,8-9,15,17H,4-5,7,10-13H2,1-3H3. The van der Waals surface area contributed by atoms with Gasteiger partial charge in [-0.15, -0.1) is 0 Å². The third kappa shape index (κ3) is 3.70. The van der Waals surface area contributed by atoms with Gasteiger partial charge in [-0.25, -0.2) is 4.98 Å². The van der Waals surface area contributed by atoms with Crippen molar-refractivity contribution in [3.05, 3.63) is 23.9 Å². The SMILES string of the molecule is CCNCc1cccnc1N1CCCN(C)CC1CC. The Kier molecular flexibility index (Phi) is 5.80. The molecular formula is C16H28N4. The number of nitrogens with zero attached hydrogens (tertiary/aromatic N) is 3. The predicted molar refractivity (Wildman–Crippen MR) is 85.2 cm³/mol. The van der Waals surface area contributed by atoms with Crippen LogP contribution < -0.4 is 10.2 Å². The molecule has 0 aromatic carbocycles. The first-order valence-electron chi connectivity index (χ1n) is 7.86. The Hall–Kier alpha value is -1.13. The highest BCUT2D eigenvalue weighted by atomic mass is 15.3. The molecule has 4 heteroatoms. The van der Waals surface area contributed by atoms with Gasteiger partial charge in [0.05, 0.1) is 0 Å². The molecule has 0 amide bonds. The normalized spacial score (nSPS) is 20.9. The van der Waals surface area contributed by atoms with Gasteiger partial charge >= 0.3 is 0 Å². The number of likely N-dealkylation sites (N-methyl/N-ethyl adjacent to an activating group) is 1. The zero-order chi connectivity index (χ0) is 14.4. The third-order valence-electron chi connectivity index (χ3n) is 4.08. The number of anilines is 1. The number of pyridine rings is 1. The lowest BCUT2D eigenvalue weighted by Crippen LogP contribution is -2.41. The number of hydrogen-bond donors (Lipinski definition) is 1. The van der Waals surface area contributed by atoms with Gasteiger partial charge in [0.1, 0.15) is 5.82 Å². The van der Waals surface area contributed by atoms with E-state index in [0.717, 1.165) is 26.2 Å². The van der Waals surface area contributed by atoms with E-state index in [-0.39, 0.29) is 0 Å². The van der Waals surface area contributed by atoms with Crippen LogP contribution in [-0.4, -0.2) is 49.2 Å². The maximum absolute atomic E-state index is 4.69. The van der Waals surface area contributed by atoms with Crippen molar-refractivity contribution in [3.63, 3.8) is 0 Å². The molecule has 112 valence electrons. The van der Waals surface area contributed by atoms with E-state index in [4.69, 9.17) is 0 Å². The smallest absolute Gasteiger partial charge is 0.133 e. The molecule has 1 aromatic heterocycles. The highest BCUT2D eigenvalue weighted by molar-refractivity contribution is 5.48. The van der Waals surface area contributed by atoms with Gasteiger partial charge in [-0.1, -0.05) is 19.9 Å². The van der Waals surface area contributed by atoms with Crippen molar-refractivity contribution in [2.24, 2.45) is 0 Å². The molecule has 20 heavy (non-hydrogen) atoms. The molecule has 1 atom stereocenters. The molecule has 2 rings (SSSR count). The fraction of sp³-hybridized carbons (Fsp3) is 0.688. The van der Waals surface area contributed by atoms with Gasteiger partial charge in [0.25, 0.3) is 0 Å². The highest BCUT2D eigenvalue weighted by Crippen LogP contribution is 2.23. The topological polar surface area (TPSA) is 31.4 Å². The second kappa shape index (κ2) is 7.60. The molecule has 0 radical (unpaired) electrons. The first kappa shape index (κ1) is 15.3. The summed E-state index contributed by atoms with van der Waals surface area (Å²) < 4.78 is 0. The lowest BCUT2D eigenvalue weighted by Gasteiger charge is -2.32. The van der Waals surface area contributed by atoms with E-state index in [1.54, 1.807) is 0 Å². The van der Waals surface area contributed by atoms with E-state index >= 15 is 0 Å². The van der Waals surface area contributed by atoms with E-state index in [2.05, 4.69) is 47.1 Å². The monoisotopic (exact) mass is 276 g/mol. The first-order chi connectivity index (χ1) is 9.76. The van der Waals surface area contributed by atoms with E-state index in [1.165, 1.54) is 30.8 Å². The van der Waals surface area contributed by atoms with Gasteiger partial charge in [-0.05, 0) is 39.0 Å². The average molecular weight is 276 g/mol. The molecule has 1 aliphatic heterocycles. The van der Waals surface area contributed by atoms with Crippen LogP contribution in [0.25, 0.3) is 0 Å². The molecule has 0 aliphatic carbocycles. The molecule has 0 spiro atoms. The summed E-state index contributed by atoms with van der Waals surface area (Å²) in [6, 6.07) is 4.81. The minimum atomic E-state index is 0.567. The predicted octanol–water partition coefficient (Wildman–Crippen LogP) is 2.11. The molecule has 1 aromatic rings. The van der Waals surface area contributed by atoms with Crippen molar-refractivity contribution < 1.29 is 0 Å². The largest absolute Gasteiger partial charge is 0.352 e. The second-order valence-electron chi connectivity index (χ2n) is 5.64. The van der Waals surface area contributed by atoms with Crippen LogP contribution in [0, 0.1) is 0 Å². The molecule has 1 N–H and O–H groups in total. The summed E-state index contributed by atoms with van der Waals surface area (Å²) in [5, 5.41) is 3.42. The molecule has 0 saturated carbocycles. The van der Waals surface area contributed by atoms with Crippen LogP contribution in [0.15, 0.2) is 18.3 Å². The summed E-state index contributed by atoms with van der Waals surface area (Å²) in [5.74, 6) is 1.18. The third-order valence-corrected chi connectivity index (χ3v) is 4.08. The van der Waals surface area contributed by atoms with Crippen molar-refractivity contribution >= 4 is 5.82 Å². The van der Waals surface area contributed by atoms with Gasteiger partial charge in [-0.3, -0.25) is 0 Å². The zero-order valence-corrected chi connectivity index (χ0v) is 13.1. The van der Waals surface area contributed by atoms with Crippen molar-refractivity contribution in [2.45, 2.75) is 39.3 Å². The lowest BCUT2D eigenvalue weighted by molar-refractivity contribution is 0.327. The lowest BCUT2D eigenvalue weighted by atomic mass is 10.1. The van der Waals surface area contributed by atoms with E-state index in [1.807, 2.05) is 12.3 Å². The minimum Gasteiger partial charge on any atom is -0.352 e. The van der Waals surface area contributed by atoms with Crippen LogP contribution in [-0.2, 0) is 6.54 Å². The van der Waals surface area contributed by atoms with Crippen LogP contribution in [0.4, 0.5) is 5.82 Å². The van der Waals surface area contributed by atoms with E-state index in [9.17, 15) is 0 Å². The van der Waals surface area contributed by atoms with Gasteiger partial charge in [0.2, 0.25) is 0 Å². The van der Waals surface area contributed by atoms with Gasteiger partial charge in [-0.2, -0.15) is 0 Å². The highest BCUT2D eigenvalue weighted by Gasteiger charge is 2.24. The summed E-state index contributed by atoms with van der Waals surface area (Å²) >= 11 is 0. The maximum Gasteiger partial charge on any atom is 0.133 e. The van der Waals surface area contributed by atoms with Gasteiger partial charge < -0.3 is 15.1 Å². The van der Waals surface area contributed by atoms with Crippen LogP contribution in [0.3, 0.4) is 0 Å². The van der Waals surface area contributed by atoms with Crippen molar-refractivity contribution in [3.8, 4) is 0 Å². The number of rotatable bonds is 5. The minimum absolute atomic E-state index is 0.567. The molecule has 0 bridgehead atoms. The molecular weight excluding hydrogens is 248 g/mol. The average Bonchev–Trinajstić information content (AvgIpc) is 2.66. The number of aromatic nitrogens is 1. The molecule has 2 heterocycles. The Morgan fingerprint density at radius 2 is 2.20 bits per heavy atom. The molecule has 4 nitrogen and oxygen atoms in total. The van der Waals surface area contributed by atoms with Crippen LogP contribution in [0.5, 0.6) is 0 Å². The molecule has 1 fully saturated rings. The Morgan fingerprint density at radius 3 is 2.95 bits per heavy atom. The Balaban J connectivity index is 2.23. The summed E-state index contributed by atoms with van der Waals surface area (Å²) in [6.07, 6.45) is 4.30. The van der Waals surface area contributed by atoms with Crippen LogP contribution >= 0.6 is 0 Å². The summed E-state index contributed by atoms with van der Waals surface area (Å²) in [7, 11) is 2.23. The molecule has 1 aliphatic rings. The molecule has 1 saturated heterocycles. The van der Waals surface area contributed by atoms with Crippen LogP contribution in [0.1, 0.15) is 32.3 Å². The number of hydrogen-bond acceptors (Lipinski definition) is 4. The van der Waals surface area contributed by atoms with Gasteiger partial charge in [0, 0.05) is 37.4 Å². The summed E-state index contributed by atoms with van der Waals surface area (Å²) in [6.45, 7) is 9.75. The zero-order valence-electron chi connectivity index (χ0n) is 13.1. The second-order valence-corrected chi connectivity index (χ2v) is 5.64. The quantitative estimate of drug-likeness (QED) is 0.892. The Morgan fingerprint density at radius 1 is 1.35 bits per heavy atom. The van der Waals surface area contributed by atoms with Crippen molar-refractivity contribution in [2.75, 3.05) is 38.1 Å². The van der Waals surface area contributed by atoms with E-state index < -0.39 is 0 Å². The van der Waals surface area contributed by atoms with Crippen molar-refractivity contribution in [1.82, 2.24) is 15.2 Å². The fourth-order valence-electron chi connectivity index (χ4n) is 2.96. The summed E-state index contributed by atoms with van der Waals surface area (Å²) in [4.78, 5) is 9.66. The Labute approximate surface area is 123 Å². The number of nitrogens with one attached hydrogen (secondary N) is 1. The van der Waals surface area contributed by atoms with Crippen LogP contribution in [0.2, 0.25) is 0 Å². The first-order valence-corrected chi connectivity index (χ1v) is 7.86. The van der Waals surface area contributed by atoms with Crippen molar-refractivity contribution in [1.29, 1.82) is 0 Å². The maximum atomic E-state index is 4.69.